The van der Waals surface area contributed by atoms with Crippen molar-refractivity contribution in [3.8, 4) is 0 Å². The number of carbonyl (C=O) groups excluding carboxylic acids is 1. The number of nitrogens with one attached hydrogen (secondary N) is 3. The summed E-state index contributed by atoms with van der Waals surface area (Å²) in [6.07, 6.45) is 0. The first-order valence-corrected chi connectivity index (χ1v) is 11.6. The number of benzene rings is 3. The maximum atomic E-state index is 12.9. The van der Waals surface area contributed by atoms with Gasteiger partial charge in [0.2, 0.25) is 10.0 Å². The Labute approximate surface area is 199 Å². The first-order chi connectivity index (χ1) is 16.7. The van der Waals surface area contributed by atoms with E-state index in [0.717, 1.165) is 0 Å². The van der Waals surface area contributed by atoms with E-state index in [1.54, 1.807) is 30.3 Å². The molecule has 0 radical (unpaired) electrons. The van der Waals surface area contributed by atoms with Gasteiger partial charge in [-0.05, 0) is 35.9 Å². The Morgan fingerprint density at radius 1 is 1.03 bits per heavy atom. The summed E-state index contributed by atoms with van der Waals surface area (Å²) in [5.41, 5.74) is 2.21. The fourth-order valence-corrected chi connectivity index (χ4v) is 4.48. The summed E-state index contributed by atoms with van der Waals surface area (Å²) in [5, 5.41) is 25.8. The number of non-ortho nitro benzene ring substituents is 1. The molecule has 4 N–H and O–H groups in total. The normalized spacial score (nSPS) is 14.1. The van der Waals surface area contributed by atoms with Crippen molar-refractivity contribution in [2.45, 2.75) is 4.90 Å². The Balaban J connectivity index is 1.76. The zero-order chi connectivity index (χ0) is 25.2. The quantitative estimate of drug-likeness (QED) is 0.211. The molecule has 1 aliphatic heterocycles. The van der Waals surface area contributed by atoms with Gasteiger partial charge in [-0.25, -0.2) is 8.42 Å². The molecule has 0 saturated heterocycles. The number of carbonyl (C=O) groups is 2. The summed E-state index contributed by atoms with van der Waals surface area (Å²) in [4.78, 5) is 34.2. The Hall–Kier alpha value is -4.55. The number of aliphatic carboxylic acids is 1. The molecule has 178 valence electrons. The highest BCUT2D eigenvalue weighted by Gasteiger charge is 2.30. The molecule has 3 aromatic rings. The number of carboxylic acid groups (broad SMARTS) is 1. The average Bonchev–Trinajstić information content (AvgIpc) is 3.17. The van der Waals surface area contributed by atoms with Crippen molar-refractivity contribution in [3.05, 3.63) is 94.0 Å². The minimum absolute atomic E-state index is 0.141. The van der Waals surface area contributed by atoms with Crippen molar-refractivity contribution in [2.24, 2.45) is 0 Å². The Bertz CT molecular complexity index is 1470. The van der Waals surface area contributed by atoms with Crippen LogP contribution < -0.4 is 15.4 Å². The number of nitrogens with zero attached hydrogens (tertiary/aromatic N) is 1. The van der Waals surface area contributed by atoms with Crippen LogP contribution in [0.2, 0.25) is 0 Å². The predicted octanol–water partition coefficient (Wildman–Crippen LogP) is 2.89. The third-order valence-corrected chi connectivity index (χ3v) is 6.54. The van der Waals surface area contributed by atoms with Gasteiger partial charge < -0.3 is 15.7 Å². The molecule has 0 aliphatic carbocycles. The lowest BCUT2D eigenvalue weighted by molar-refractivity contribution is -0.384. The smallest absolute Gasteiger partial charge is 0.318 e. The van der Waals surface area contributed by atoms with E-state index >= 15 is 0 Å². The van der Waals surface area contributed by atoms with Gasteiger partial charge >= 0.3 is 5.97 Å². The van der Waals surface area contributed by atoms with E-state index in [-0.39, 0.29) is 16.2 Å². The monoisotopic (exact) mass is 494 g/mol. The number of hydrogen-bond acceptors (Lipinski definition) is 7. The third kappa shape index (κ3) is 5.03. The van der Waals surface area contributed by atoms with Gasteiger partial charge in [-0.15, -0.1) is 0 Å². The summed E-state index contributed by atoms with van der Waals surface area (Å²) in [6, 6.07) is 18.4. The van der Waals surface area contributed by atoms with Crippen LogP contribution in [-0.2, 0) is 19.6 Å². The maximum absolute atomic E-state index is 12.9. The summed E-state index contributed by atoms with van der Waals surface area (Å²) in [5.74, 6) is -1.77. The van der Waals surface area contributed by atoms with Crippen LogP contribution in [0.1, 0.15) is 11.1 Å². The van der Waals surface area contributed by atoms with Gasteiger partial charge in [-0.1, -0.05) is 30.3 Å². The number of rotatable bonds is 8. The van der Waals surface area contributed by atoms with Crippen LogP contribution in [0.4, 0.5) is 17.1 Å². The Morgan fingerprint density at radius 3 is 2.34 bits per heavy atom. The van der Waals surface area contributed by atoms with E-state index in [2.05, 4.69) is 10.6 Å². The molecule has 0 bridgehead atoms. The van der Waals surface area contributed by atoms with Crippen molar-refractivity contribution >= 4 is 50.2 Å². The predicted molar refractivity (Wildman–Crippen MR) is 128 cm³/mol. The van der Waals surface area contributed by atoms with Crippen molar-refractivity contribution in [2.75, 3.05) is 17.2 Å². The Morgan fingerprint density at radius 2 is 1.71 bits per heavy atom. The molecule has 0 unspecified atom stereocenters. The second-order valence-electron chi connectivity index (χ2n) is 7.42. The molecule has 12 heteroatoms. The van der Waals surface area contributed by atoms with Crippen LogP contribution in [0.3, 0.4) is 0 Å². The molecule has 11 nitrogen and oxygen atoms in total. The van der Waals surface area contributed by atoms with Gasteiger partial charge in [-0.2, -0.15) is 4.72 Å². The molecule has 0 spiro atoms. The first kappa shape index (κ1) is 23.6. The molecule has 0 atom stereocenters. The maximum Gasteiger partial charge on any atom is 0.318 e. The first-order valence-electron chi connectivity index (χ1n) is 10.1. The fourth-order valence-electron chi connectivity index (χ4n) is 3.50. The van der Waals surface area contributed by atoms with Gasteiger partial charge in [0.1, 0.15) is 6.54 Å². The van der Waals surface area contributed by atoms with E-state index < -0.39 is 33.4 Å². The van der Waals surface area contributed by atoms with E-state index in [9.17, 15) is 28.1 Å². The number of sulfonamides is 1. The number of carboxylic acids is 1. The highest BCUT2D eigenvalue weighted by atomic mass is 32.2. The lowest BCUT2D eigenvalue weighted by Gasteiger charge is -2.15. The average molecular weight is 494 g/mol. The van der Waals surface area contributed by atoms with Crippen LogP contribution in [0.25, 0.3) is 11.3 Å². The standard InChI is InChI=1S/C23H18N4O7S/c28-20(29)13-24-35(33,34)17-9-6-15(7-10-17)25-22(14-4-2-1-3-5-14)21-18-12-16(27(31)32)8-11-19(18)26-23(21)30/h1-12,24-25H,13H2,(H,26,30)(H,28,29)/b22-21-. The topological polar surface area (TPSA) is 168 Å². The van der Waals surface area contributed by atoms with Crippen LogP contribution >= 0.6 is 0 Å². The molecule has 35 heavy (non-hydrogen) atoms. The van der Waals surface area contributed by atoms with E-state index in [0.29, 0.717) is 28.2 Å². The van der Waals surface area contributed by atoms with Gasteiger partial charge in [-0.3, -0.25) is 19.7 Å². The highest BCUT2D eigenvalue weighted by Crippen LogP contribution is 2.39. The van der Waals surface area contributed by atoms with Gasteiger partial charge in [0.15, 0.2) is 0 Å². The molecular formula is C23H18N4O7S. The molecule has 0 fully saturated rings. The molecule has 0 aromatic heterocycles. The zero-order valence-electron chi connectivity index (χ0n) is 17.9. The third-order valence-electron chi connectivity index (χ3n) is 5.12. The van der Waals surface area contributed by atoms with Gasteiger partial charge in [0.25, 0.3) is 11.6 Å². The van der Waals surface area contributed by atoms with Crippen LogP contribution in [-0.4, -0.2) is 36.9 Å². The molecule has 4 rings (SSSR count). The number of hydrogen-bond donors (Lipinski definition) is 4. The van der Waals surface area contributed by atoms with Crippen LogP contribution in [0.15, 0.2) is 77.7 Å². The second-order valence-corrected chi connectivity index (χ2v) is 9.19. The van der Waals surface area contributed by atoms with Crippen molar-refractivity contribution < 1.29 is 28.0 Å². The highest BCUT2D eigenvalue weighted by molar-refractivity contribution is 7.89. The van der Waals surface area contributed by atoms with E-state index in [4.69, 9.17) is 5.11 Å². The zero-order valence-corrected chi connectivity index (χ0v) is 18.7. The second kappa shape index (κ2) is 9.37. The van der Waals surface area contributed by atoms with Crippen LogP contribution in [0.5, 0.6) is 0 Å². The lowest BCUT2D eigenvalue weighted by Crippen LogP contribution is -2.29. The summed E-state index contributed by atoms with van der Waals surface area (Å²) in [7, 11) is -4.03. The molecule has 1 heterocycles. The molecule has 0 saturated carbocycles. The number of nitro benzene ring substituents is 1. The van der Waals surface area contributed by atoms with Crippen molar-refractivity contribution in [3.63, 3.8) is 0 Å². The number of anilines is 2. The summed E-state index contributed by atoms with van der Waals surface area (Å²) >= 11 is 0. The lowest BCUT2D eigenvalue weighted by atomic mass is 9.99. The minimum atomic E-state index is -4.03. The summed E-state index contributed by atoms with van der Waals surface area (Å²) in [6.45, 7) is -0.757. The molecular weight excluding hydrogens is 476 g/mol. The van der Waals surface area contributed by atoms with E-state index in [1.165, 1.54) is 42.5 Å². The van der Waals surface area contributed by atoms with Crippen LogP contribution in [0, 0.1) is 10.1 Å². The van der Waals surface area contributed by atoms with Crippen molar-refractivity contribution in [1.29, 1.82) is 0 Å². The number of amides is 1. The SMILES string of the molecule is O=C(O)CNS(=O)(=O)c1ccc(N/C(=C2\C(=O)Nc3ccc([N+](=O)[O-])cc32)c2ccccc2)cc1. The molecule has 3 aromatic carbocycles. The fraction of sp³-hybridized carbons (Fsp3) is 0.0435. The minimum Gasteiger partial charge on any atom is -0.480 e. The van der Waals surface area contributed by atoms with E-state index in [1.807, 2.05) is 4.72 Å². The molecule has 1 aliphatic rings. The largest absolute Gasteiger partial charge is 0.480 e. The van der Waals surface area contributed by atoms with Crippen molar-refractivity contribution in [1.82, 2.24) is 4.72 Å². The van der Waals surface area contributed by atoms with Gasteiger partial charge in [0.05, 0.1) is 21.1 Å². The summed E-state index contributed by atoms with van der Waals surface area (Å²) < 4.78 is 26.5. The molecule has 1 amide bonds. The number of nitro groups is 1. The number of fused-ring (bicyclic) bond motifs is 1. The Kier molecular flexibility index (Phi) is 6.32. The van der Waals surface area contributed by atoms with Gasteiger partial charge in [0, 0.05) is 29.1 Å².